The van der Waals surface area contributed by atoms with Gasteiger partial charge in [0.15, 0.2) is 0 Å². The fourth-order valence-corrected chi connectivity index (χ4v) is 2.94. The molecule has 3 heterocycles. The van der Waals surface area contributed by atoms with Crippen molar-refractivity contribution >= 4 is 17.4 Å². The number of carbonyl (C=O) groups excluding carboxylic acids is 1. The highest BCUT2D eigenvalue weighted by atomic mass is 16.5. The number of morpholine rings is 1. The summed E-state index contributed by atoms with van der Waals surface area (Å²) in [6, 6.07) is 3.79. The van der Waals surface area contributed by atoms with E-state index in [9.17, 15) is 4.79 Å². The third-order valence-corrected chi connectivity index (χ3v) is 4.47. The summed E-state index contributed by atoms with van der Waals surface area (Å²) in [5.41, 5.74) is 0.965. The molecule has 0 spiro atoms. The molecule has 1 aromatic rings. The van der Waals surface area contributed by atoms with Crippen LogP contribution in [0.4, 0.5) is 11.5 Å². The van der Waals surface area contributed by atoms with Crippen LogP contribution in [-0.2, 0) is 14.3 Å². The van der Waals surface area contributed by atoms with E-state index in [1.165, 1.54) is 0 Å². The molecular formula is C17H26N4O3. The Hall–Kier alpha value is -1.70. The van der Waals surface area contributed by atoms with E-state index in [0.717, 1.165) is 57.9 Å². The number of hydrogen-bond donors (Lipinski definition) is 2. The first kappa shape index (κ1) is 17.1. The lowest BCUT2D eigenvalue weighted by molar-refractivity contribution is -0.122. The highest BCUT2D eigenvalue weighted by molar-refractivity contribution is 5.91. The van der Waals surface area contributed by atoms with Crippen molar-refractivity contribution in [2.45, 2.75) is 12.8 Å². The maximum atomic E-state index is 12.2. The van der Waals surface area contributed by atoms with Gasteiger partial charge in [-0.25, -0.2) is 4.98 Å². The van der Waals surface area contributed by atoms with Gasteiger partial charge in [-0.1, -0.05) is 0 Å². The van der Waals surface area contributed by atoms with Crippen LogP contribution in [0.15, 0.2) is 18.3 Å². The molecule has 0 unspecified atom stereocenters. The Bertz CT molecular complexity index is 511. The van der Waals surface area contributed by atoms with Gasteiger partial charge in [-0.2, -0.15) is 0 Å². The Labute approximate surface area is 142 Å². The molecule has 2 N–H and O–H groups in total. The van der Waals surface area contributed by atoms with Gasteiger partial charge in [0.05, 0.1) is 25.1 Å². The molecule has 1 amide bonds. The zero-order chi connectivity index (χ0) is 16.6. The van der Waals surface area contributed by atoms with Crippen LogP contribution in [-0.4, -0.2) is 68.4 Å². The van der Waals surface area contributed by atoms with E-state index in [4.69, 9.17) is 9.47 Å². The predicted molar refractivity (Wildman–Crippen MR) is 92.2 cm³/mol. The minimum Gasteiger partial charge on any atom is -0.383 e. The maximum Gasteiger partial charge on any atom is 0.228 e. The van der Waals surface area contributed by atoms with Gasteiger partial charge in [0, 0.05) is 45.3 Å². The summed E-state index contributed by atoms with van der Waals surface area (Å²) in [4.78, 5) is 18.9. The highest BCUT2D eigenvalue weighted by Gasteiger charge is 2.21. The van der Waals surface area contributed by atoms with Gasteiger partial charge in [0.25, 0.3) is 0 Å². The average Bonchev–Trinajstić information content (AvgIpc) is 2.65. The molecule has 0 bridgehead atoms. The van der Waals surface area contributed by atoms with E-state index in [0.29, 0.717) is 19.0 Å². The largest absolute Gasteiger partial charge is 0.383 e. The summed E-state index contributed by atoms with van der Waals surface area (Å²) in [5, 5.41) is 6.25. The minimum atomic E-state index is 0.0341. The third-order valence-electron chi connectivity index (χ3n) is 4.47. The molecular weight excluding hydrogens is 308 g/mol. The molecule has 0 radical (unpaired) electrons. The Balaban J connectivity index is 1.40. The molecule has 0 saturated carbocycles. The summed E-state index contributed by atoms with van der Waals surface area (Å²) in [6.45, 7) is 6.83. The highest BCUT2D eigenvalue weighted by Crippen LogP contribution is 2.17. The maximum absolute atomic E-state index is 12.2. The zero-order valence-corrected chi connectivity index (χ0v) is 14.0. The van der Waals surface area contributed by atoms with Crippen LogP contribution in [0, 0.1) is 5.92 Å². The molecule has 3 rings (SSSR count). The molecule has 0 atom stereocenters. The number of aromatic nitrogens is 1. The monoisotopic (exact) mass is 334 g/mol. The summed E-state index contributed by atoms with van der Waals surface area (Å²) in [5.74, 6) is 0.677. The van der Waals surface area contributed by atoms with Crippen molar-refractivity contribution in [3.63, 3.8) is 0 Å². The van der Waals surface area contributed by atoms with Gasteiger partial charge in [0.1, 0.15) is 5.82 Å². The number of nitrogens with zero attached hydrogens (tertiary/aromatic N) is 2. The Morgan fingerprint density at radius 2 is 1.92 bits per heavy atom. The Morgan fingerprint density at radius 1 is 1.17 bits per heavy atom. The normalized spacial score (nSPS) is 19.8. The fraction of sp³-hybridized carbons (Fsp3) is 0.647. The molecule has 7 heteroatoms. The number of amides is 1. The first-order valence-electron chi connectivity index (χ1n) is 8.70. The molecule has 1 aromatic heterocycles. The second-order valence-corrected chi connectivity index (χ2v) is 6.19. The lowest BCUT2D eigenvalue weighted by atomic mass is 9.99. The minimum absolute atomic E-state index is 0.0341. The predicted octanol–water partition coefficient (Wildman–Crippen LogP) is 1.19. The van der Waals surface area contributed by atoms with Crippen LogP contribution in [0.5, 0.6) is 0 Å². The number of rotatable bonds is 6. The van der Waals surface area contributed by atoms with Gasteiger partial charge >= 0.3 is 0 Å². The van der Waals surface area contributed by atoms with Crippen molar-refractivity contribution in [3.8, 4) is 0 Å². The van der Waals surface area contributed by atoms with Crippen LogP contribution in [0.25, 0.3) is 0 Å². The van der Waals surface area contributed by atoms with Crippen molar-refractivity contribution in [1.29, 1.82) is 0 Å². The van der Waals surface area contributed by atoms with Gasteiger partial charge in [-0.3, -0.25) is 9.69 Å². The number of nitrogens with one attached hydrogen (secondary N) is 2. The SMILES string of the molecule is O=C(Nc1ccc(NCCN2CCOCC2)cn1)C1CCOCC1. The summed E-state index contributed by atoms with van der Waals surface area (Å²) in [7, 11) is 0. The number of anilines is 2. The molecule has 0 aromatic carbocycles. The van der Waals surface area contributed by atoms with E-state index in [1.54, 1.807) is 6.20 Å². The molecule has 2 aliphatic heterocycles. The van der Waals surface area contributed by atoms with Crippen LogP contribution in [0.3, 0.4) is 0 Å². The quantitative estimate of drug-likeness (QED) is 0.814. The van der Waals surface area contributed by atoms with Crippen molar-refractivity contribution in [2.24, 2.45) is 5.92 Å². The zero-order valence-electron chi connectivity index (χ0n) is 14.0. The van der Waals surface area contributed by atoms with Crippen molar-refractivity contribution < 1.29 is 14.3 Å². The molecule has 0 aliphatic carbocycles. The van der Waals surface area contributed by atoms with Crippen molar-refractivity contribution in [3.05, 3.63) is 18.3 Å². The average molecular weight is 334 g/mol. The molecule has 2 fully saturated rings. The fourth-order valence-electron chi connectivity index (χ4n) is 2.94. The number of ether oxygens (including phenoxy) is 2. The molecule has 132 valence electrons. The topological polar surface area (TPSA) is 75.7 Å². The smallest absolute Gasteiger partial charge is 0.228 e. The van der Waals surface area contributed by atoms with Crippen LogP contribution in [0.1, 0.15) is 12.8 Å². The standard InChI is InChI=1S/C17H26N4O3/c22-17(14-3-9-23-10-4-14)20-16-2-1-15(13-19-16)18-5-6-21-7-11-24-12-8-21/h1-2,13-14,18H,3-12H2,(H,19,20,22). The lowest BCUT2D eigenvalue weighted by Crippen LogP contribution is -2.39. The van der Waals surface area contributed by atoms with E-state index in [2.05, 4.69) is 20.5 Å². The Kier molecular flexibility index (Phi) is 6.40. The molecule has 7 nitrogen and oxygen atoms in total. The molecule has 2 saturated heterocycles. The van der Waals surface area contributed by atoms with Crippen LogP contribution < -0.4 is 10.6 Å². The van der Waals surface area contributed by atoms with Gasteiger partial charge in [-0.15, -0.1) is 0 Å². The number of pyridine rings is 1. The van der Waals surface area contributed by atoms with E-state index < -0.39 is 0 Å². The van der Waals surface area contributed by atoms with Crippen molar-refractivity contribution in [2.75, 3.05) is 63.2 Å². The summed E-state index contributed by atoms with van der Waals surface area (Å²) >= 11 is 0. The third kappa shape index (κ3) is 5.15. The van der Waals surface area contributed by atoms with E-state index >= 15 is 0 Å². The first-order chi connectivity index (χ1) is 11.8. The molecule has 2 aliphatic rings. The van der Waals surface area contributed by atoms with Gasteiger partial charge in [0.2, 0.25) is 5.91 Å². The number of hydrogen-bond acceptors (Lipinski definition) is 6. The second kappa shape index (κ2) is 8.96. The second-order valence-electron chi connectivity index (χ2n) is 6.19. The number of carbonyl (C=O) groups is 1. The summed E-state index contributed by atoms with van der Waals surface area (Å²) < 4.78 is 10.6. The lowest BCUT2D eigenvalue weighted by Gasteiger charge is -2.26. The van der Waals surface area contributed by atoms with Gasteiger partial charge < -0.3 is 20.1 Å². The van der Waals surface area contributed by atoms with Crippen molar-refractivity contribution in [1.82, 2.24) is 9.88 Å². The van der Waals surface area contributed by atoms with Gasteiger partial charge in [-0.05, 0) is 25.0 Å². The molecule has 24 heavy (non-hydrogen) atoms. The van der Waals surface area contributed by atoms with E-state index in [1.807, 2.05) is 12.1 Å². The summed E-state index contributed by atoms with van der Waals surface area (Å²) in [6.07, 6.45) is 3.33. The van der Waals surface area contributed by atoms with Crippen LogP contribution >= 0.6 is 0 Å². The van der Waals surface area contributed by atoms with E-state index in [-0.39, 0.29) is 11.8 Å². The Morgan fingerprint density at radius 3 is 2.62 bits per heavy atom. The first-order valence-corrected chi connectivity index (χ1v) is 8.70. The van der Waals surface area contributed by atoms with Crippen LogP contribution in [0.2, 0.25) is 0 Å².